The van der Waals surface area contributed by atoms with Gasteiger partial charge >= 0.3 is 0 Å². The van der Waals surface area contributed by atoms with Crippen LogP contribution in [0.2, 0.25) is 0 Å². The average molecular weight is 385 g/mol. The number of methoxy groups -OCH3 is 1. The fraction of sp³-hybridized carbons (Fsp3) is 0.409. The Labute approximate surface area is 164 Å². The summed E-state index contributed by atoms with van der Waals surface area (Å²) in [4.78, 5) is 14.9. The number of hydrogen-bond donors (Lipinski definition) is 0. The highest BCUT2D eigenvalue weighted by molar-refractivity contribution is 5.80. The van der Waals surface area contributed by atoms with Gasteiger partial charge in [0.25, 0.3) is 0 Å². The molecule has 2 aromatic carbocycles. The van der Waals surface area contributed by atoms with Gasteiger partial charge in [-0.25, -0.2) is 4.39 Å². The molecule has 5 nitrogen and oxygen atoms in total. The topological polar surface area (TPSA) is 48.0 Å². The molecule has 2 heterocycles. The van der Waals surface area contributed by atoms with Gasteiger partial charge in [-0.15, -0.1) is 0 Å². The molecule has 0 bridgehead atoms. The zero-order chi connectivity index (χ0) is 19.7. The minimum atomic E-state index is -0.263. The first kappa shape index (κ1) is 18.7. The number of hydrogen-bond acceptors (Lipinski definition) is 5. The fourth-order valence-corrected chi connectivity index (χ4v) is 4.04. The van der Waals surface area contributed by atoms with E-state index in [4.69, 9.17) is 14.2 Å². The van der Waals surface area contributed by atoms with Gasteiger partial charge < -0.3 is 14.2 Å². The Morgan fingerprint density at radius 3 is 2.82 bits per heavy atom. The van der Waals surface area contributed by atoms with E-state index >= 15 is 0 Å². The van der Waals surface area contributed by atoms with E-state index in [0.717, 1.165) is 29.7 Å². The predicted molar refractivity (Wildman–Crippen MR) is 103 cm³/mol. The van der Waals surface area contributed by atoms with E-state index in [0.29, 0.717) is 36.5 Å². The van der Waals surface area contributed by atoms with Gasteiger partial charge in [-0.2, -0.15) is 0 Å². The largest absolute Gasteiger partial charge is 0.492 e. The molecule has 6 heteroatoms. The number of rotatable bonds is 6. The second kappa shape index (κ2) is 7.80. The Morgan fingerprint density at radius 1 is 1.29 bits per heavy atom. The smallest absolute Gasteiger partial charge is 0.231 e. The van der Waals surface area contributed by atoms with Crippen LogP contribution in [0.1, 0.15) is 35.6 Å². The van der Waals surface area contributed by atoms with E-state index in [2.05, 4.69) is 4.90 Å². The summed E-state index contributed by atoms with van der Waals surface area (Å²) < 4.78 is 29.9. The molecule has 0 fully saturated rings. The molecule has 0 spiro atoms. The molecule has 0 aromatic heterocycles. The molecule has 2 aliphatic rings. The number of likely N-dealkylation sites (N-methyl/N-ethyl adjacent to an activating group) is 1. The first-order chi connectivity index (χ1) is 13.6. The van der Waals surface area contributed by atoms with Crippen LogP contribution in [0.15, 0.2) is 30.3 Å². The summed E-state index contributed by atoms with van der Waals surface area (Å²) in [6, 6.07) is 8.27. The number of benzene rings is 2. The van der Waals surface area contributed by atoms with Crippen molar-refractivity contribution in [2.45, 2.75) is 31.7 Å². The second-order valence-electron chi connectivity index (χ2n) is 7.33. The van der Waals surface area contributed by atoms with E-state index in [1.54, 1.807) is 19.2 Å². The number of nitrogens with zero attached hydrogens (tertiary/aromatic N) is 1. The van der Waals surface area contributed by atoms with Crippen LogP contribution in [0.5, 0.6) is 17.2 Å². The molecule has 0 N–H and O–H groups in total. The third kappa shape index (κ3) is 3.56. The van der Waals surface area contributed by atoms with Crippen molar-refractivity contribution in [3.05, 3.63) is 52.8 Å². The van der Waals surface area contributed by atoms with E-state index in [-0.39, 0.29) is 24.4 Å². The summed E-state index contributed by atoms with van der Waals surface area (Å²) in [6.07, 6.45) is 2.32. The highest BCUT2D eigenvalue weighted by Gasteiger charge is 2.34. The van der Waals surface area contributed by atoms with Crippen LogP contribution < -0.4 is 14.2 Å². The molecule has 2 aromatic rings. The zero-order valence-electron chi connectivity index (χ0n) is 16.2. The average Bonchev–Trinajstić information content (AvgIpc) is 3.16. The Balaban J connectivity index is 1.53. The third-order valence-corrected chi connectivity index (χ3v) is 5.57. The Bertz CT molecular complexity index is 881. The SMILES string of the molecule is COc1c2c(cc3c1C(CC(=O)CCc1ccc(F)cc1)N(C)CC3)OCO2. The summed E-state index contributed by atoms with van der Waals surface area (Å²) in [5, 5.41) is 0. The lowest BCUT2D eigenvalue weighted by Crippen LogP contribution is -2.34. The van der Waals surface area contributed by atoms with Gasteiger partial charge in [-0.1, -0.05) is 12.1 Å². The predicted octanol–water partition coefficient (Wildman–Crippen LogP) is 3.68. The number of fused-ring (bicyclic) bond motifs is 2. The molecule has 1 unspecified atom stereocenters. The van der Waals surface area contributed by atoms with Crippen LogP contribution in [0.25, 0.3) is 0 Å². The Morgan fingerprint density at radius 2 is 2.07 bits per heavy atom. The molecule has 0 saturated carbocycles. The van der Waals surface area contributed by atoms with Gasteiger partial charge in [0, 0.05) is 31.0 Å². The number of carbonyl (C=O) groups is 1. The lowest BCUT2D eigenvalue weighted by atomic mass is 9.87. The van der Waals surface area contributed by atoms with Crippen molar-refractivity contribution in [3.8, 4) is 17.2 Å². The lowest BCUT2D eigenvalue weighted by Gasteiger charge is -2.35. The molecule has 2 aliphatic heterocycles. The molecule has 0 radical (unpaired) electrons. The fourth-order valence-electron chi connectivity index (χ4n) is 4.04. The zero-order valence-corrected chi connectivity index (χ0v) is 16.2. The molecular formula is C22H24FNO4. The monoisotopic (exact) mass is 385 g/mol. The molecular weight excluding hydrogens is 361 g/mol. The molecule has 0 aliphatic carbocycles. The van der Waals surface area contributed by atoms with E-state index in [1.165, 1.54) is 12.1 Å². The van der Waals surface area contributed by atoms with Crippen LogP contribution in [-0.2, 0) is 17.6 Å². The maximum Gasteiger partial charge on any atom is 0.231 e. The maximum atomic E-state index is 13.0. The summed E-state index contributed by atoms with van der Waals surface area (Å²) in [7, 11) is 3.66. The van der Waals surface area contributed by atoms with Crippen molar-refractivity contribution in [2.75, 3.05) is 27.5 Å². The number of carbonyl (C=O) groups excluding carboxylic acids is 1. The highest BCUT2D eigenvalue weighted by atomic mass is 19.1. The van der Waals surface area contributed by atoms with Crippen molar-refractivity contribution in [3.63, 3.8) is 0 Å². The number of ether oxygens (including phenoxy) is 3. The molecule has 1 atom stereocenters. The second-order valence-corrected chi connectivity index (χ2v) is 7.33. The normalized spacial score (nSPS) is 18.0. The molecule has 148 valence electrons. The standard InChI is InChI=1S/C22H24FNO4/c1-24-10-9-15-11-19-21(28-13-27-19)22(26-2)20(15)18(24)12-17(25)8-5-14-3-6-16(23)7-4-14/h3-4,6-7,11,18H,5,8-10,12-13H2,1-2H3. The first-order valence-corrected chi connectivity index (χ1v) is 9.52. The van der Waals surface area contributed by atoms with Crippen molar-refractivity contribution >= 4 is 5.78 Å². The third-order valence-electron chi connectivity index (χ3n) is 5.57. The van der Waals surface area contributed by atoms with Gasteiger partial charge in [-0.05, 0) is 49.2 Å². The van der Waals surface area contributed by atoms with E-state index in [1.807, 2.05) is 13.1 Å². The van der Waals surface area contributed by atoms with Crippen LogP contribution in [0.4, 0.5) is 4.39 Å². The number of aryl methyl sites for hydroxylation is 1. The van der Waals surface area contributed by atoms with Crippen LogP contribution >= 0.6 is 0 Å². The van der Waals surface area contributed by atoms with Gasteiger partial charge in [0.2, 0.25) is 12.5 Å². The van der Waals surface area contributed by atoms with Gasteiger partial charge in [-0.3, -0.25) is 9.69 Å². The Hall–Kier alpha value is -2.60. The number of Topliss-reactive ketones (excluding diaryl/α,β-unsaturated/α-hetero) is 1. The lowest BCUT2D eigenvalue weighted by molar-refractivity contribution is -0.120. The summed E-state index contributed by atoms with van der Waals surface area (Å²) in [5.41, 5.74) is 3.14. The molecule has 4 rings (SSSR count). The summed E-state index contributed by atoms with van der Waals surface area (Å²) >= 11 is 0. The van der Waals surface area contributed by atoms with Crippen LogP contribution in [0, 0.1) is 5.82 Å². The number of ketones is 1. The summed E-state index contributed by atoms with van der Waals surface area (Å²) in [6.45, 7) is 1.05. The number of halogens is 1. The minimum Gasteiger partial charge on any atom is -0.492 e. The summed E-state index contributed by atoms with van der Waals surface area (Å²) in [5.74, 6) is 1.92. The van der Waals surface area contributed by atoms with Crippen molar-refractivity contribution in [1.82, 2.24) is 4.90 Å². The Kier molecular flexibility index (Phi) is 5.22. The van der Waals surface area contributed by atoms with Crippen LogP contribution in [0.3, 0.4) is 0 Å². The van der Waals surface area contributed by atoms with Crippen molar-refractivity contribution in [2.24, 2.45) is 0 Å². The van der Waals surface area contributed by atoms with Crippen LogP contribution in [-0.4, -0.2) is 38.2 Å². The highest BCUT2D eigenvalue weighted by Crippen LogP contribution is 2.50. The molecule has 28 heavy (non-hydrogen) atoms. The van der Waals surface area contributed by atoms with E-state index in [9.17, 15) is 9.18 Å². The van der Waals surface area contributed by atoms with Gasteiger partial charge in [0.05, 0.1) is 7.11 Å². The molecule has 0 saturated heterocycles. The van der Waals surface area contributed by atoms with Crippen molar-refractivity contribution in [1.29, 1.82) is 0 Å². The van der Waals surface area contributed by atoms with E-state index < -0.39 is 0 Å². The molecule has 0 amide bonds. The quantitative estimate of drug-likeness (QED) is 0.759. The van der Waals surface area contributed by atoms with Gasteiger partial charge in [0.15, 0.2) is 11.5 Å². The minimum absolute atomic E-state index is 0.0612. The maximum absolute atomic E-state index is 13.0. The van der Waals surface area contributed by atoms with Crippen molar-refractivity contribution < 1.29 is 23.4 Å². The van der Waals surface area contributed by atoms with Gasteiger partial charge in [0.1, 0.15) is 11.6 Å². The first-order valence-electron chi connectivity index (χ1n) is 9.52.